The number of carbonyl (C=O) groups is 1. The quantitative estimate of drug-likeness (QED) is 0.744. The second kappa shape index (κ2) is 4.64. The first-order valence-corrected chi connectivity index (χ1v) is 4.43. The molecular weight excluding hydrogens is 166 g/mol. The molecule has 4 heteroatoms. The van der Waals surface area contributed by atoms with Crippen molar-refractivity contribution < 1.29 is 4.79 Å². The number of nitrogens with one attached hydrogen (secondary N) is 1. The fourth-order valence-corrected chi connectivity index (χ4v) is 1.11. The molecule has 1 heterocycles. The summed E-state index contributed by atoms with van der Waals surface area (Å²) in [5.74, 6) is 0.0869. The van der Waals surface area contributed by atoms with Crippen molar-refractivity contribution in [3.05, 3.63) is 18.0 Å². The van der Waals surface area contributed by atoms with E-state index in [1.807, 2.05) is 23.9 Å². The normalized spacial score (nSPS) is 10.0. The summed E-state index contributed by atoms with van der Waals surface area (Å²) in [5.41, 5.74) is 1.01. The summed E-state index contributed by atoms with van der Waals surface area (Å²) in [7, 11) is 1.65. The molecule has 0 saturated carbocycles. The predicted molar refractivity (Wildman–Crippen MR) is 50.3 cm³/mol. The van der Waals surface area contributed by atoms with Crippen molar-refractivity contribution in [3.63, 3.8) is 0 Å². The molecule has 0 aliphatic rings. The van der Waals surface area contributed by atoms with Crippen molar-refractivity contribution in [1.82, 2.24) is 15.1 Å². The zero-order chi connectivity index (χ0) is 9.68. The summed E-state index contributed by atoms with van der Waals surface area (Å²) in [6.45, 7) is 2.76. The summed E-state index contributed by atoms with van der Waals surface area (Å²) < 4.78 is 1.86. The Bertz CT molecular complexity index is 280. The molecule has 1 rings (SSSR count). The van der Waals surface area contributed by atoms with E-state index in [2.05, 4.69) is 10.4 Å². The topological polar surface area (TPSA) is 46.9 Å². The average molecular weight is 181 g/mol. The summed E-state index contributed by atoms with van der Waals surface area (Å²) in [6.07, 6.45) is 3.33. The number of amides is 1. The van der Waals surface area contributed by atoms with Gasteiger partial charge in [-0.15, -0.1) is 0 Å². The Kier molecular flexibility index (Phi) is 3.49. The predicted octanol–water partition coefficient (Wildman–Crippen LogP) is 0.718. The van der Waals surface area contributed by atoms with E-state index in [9.17, 15) is 4.79 Å². The smallest absolute Gasteiger partial charge is 0.219 e. The molecule has 0 atom stereocenters. The van der Waals surface area contributed by atoms with Crippen molar-refractivity contribution in [2.75, 3.05) is 7.05 Å². The molecule has 0 aromatic carbocycles. The lowest BCUT2D eigenvalue weighted by atomic mass is 10.3. The van der Waals surface area contributed by atoms with E-state index in [4.69, 9.17) is 0 Å². The molecule has 1 N–H and O–H groups in total. The zero-order valence-electron chi connectivity index (χ0n) is 8.08. The maximum atomic E-state index is 10.9. The number of aromatic nitrogens is 2. The Balaban J connectivity index is 2.24. The van der Waals surface area contributed by atoms with Gasteiger partial charge in [-0.1, -0.05) is 0 Å². The van der Waals surface area contributed by atoms with Crippen LogP contribution < -0.4 is 5.32 Å². The molecule has 1 amide bonds. The third-order valence-corrected chi connectivity index (χ3v) is 1.84. The van der Waals surface area contributed by atoms with Gasteiger partial charge in [0.15, 0.2) is 0 Å². The van der Waals surface area contributed by atoms with Crippen LogP contribution in [0.5, 0.6) is 0 Å². The van der Waals surface area contributed by atoms with Crippen LogP contribution in [-0.4, -0.2) is 22.7 Å². The van der Waals surface area contributed by atoms with Gasteiger partial charge < -0.3 is 5.32 Å². The van der Waals surface area contributed by atoms with E-state index in [0.717, 1.165) is 18.7 Å². The molecule has 13 heavy (non-hydrogen) atoms. The highest BCUT2D eigenvalue weighted by Crippen LogP contribution is 1.96. The number of hydrogen-bond donors (Lipinski definition) is 1. The highest BCUT2D eigenvalue weighted by atomic mass is 16.1. The van der Waals surface area contributed by atoms with Gasteiger partial charge in [0.1, 0.15) is 0 Å². The molecule has 0 unspecified atom stereocenters. The molecular formula is C9H15N3O. The van der Waals surface area contributed by atoms with Crippen molar-refractivity contribution in [2.45, 2.75) is 26.3 Å². The van der Waals surface area contributed by atoms with Crippen LogP contribution in [0.1, 0.15) is 18.5 Å². The lowest BCUT2D eigenvalue weighted by Gasteiger charge is -2.00. The molecule has 0 spiro atoms. The van der Waals surface area contributed by atoms with Crippen LogP contribution in [0.25, 0.3) is 0 Å². The molecule has 0 bridgehead atoms. The largest absolute Gasteiger partial charge is 0.359 e. The third-order valence-electron chi connectivity index (χ3n) is 1.84. The molecule has 4 nitrogen and oxygen atoms in total. The van der Waals surface area contributed by atoms with Crippen LogP contribution in [0, 0.1) is 6.92 Å². The van der Waals surface area contributed by atoms with E-state index < -0.39 is 0 Å². The monoisotopic (exact) mass is 181 g/mol. The van der Waals surface area contributed by atoms with Crippen LogP contribution in [-0.2, 0) is 11.3 Å². The van der Waals surface area contributed by atoms with E-state index >= 15 is 0 Å². The maximum Gasteiger partial charge on any atom is 0.219 e. The van der Waals surface area contributed by atoms with Crippen LogP contribution in [0.15, 0.2) is 12.3 Å². The van der Waals surface area contributed by atoms with Crippen LogP contribution >= 0.6 is 0 Å². The van der Waals surface area contributed by atoms with Gasteiger partial charge in [-0.3, -0.25) is 9.48 Å². The minimum Gasteiger partial charge on any atom is -0.359 e. The highest BCUT2D eigenvalue weighted by molar-refractivity contribution is 5.75. The second-order valence-electron chi connectivity index (χ2n) is 3.00. The maximum absolute atomic E-state index is 10.9. The minimum atomic E-state index is 0.0869. The molecule has 0 saturated heterocycles. The Labute approximate surface area is 77.9 Å². The van der Waals surface area contributed by atoms with E-state index in [0.29, 0.717) is 6.42 Å². The Morgan fingerprint density at radius 1 is 1.69 bits per heavy atom. The van der Waals surface area contributed by atoms with Gasteiger partial charge in [0.25, 0.3) is 0 Å². The van der Waals surface area contributed by atoms with E-state index in [1.54, 1.807) is 7.05 Å². The number of aryl methyl sites for hydroxylation is 2. The molecule has 0 aliphatic carbocycles. The van der Waals surface area contributed by atoms with Gasteiger partial charge in [-0.05, 0) is 19.4 Å². The molecule has 1 aromatic rings. The average Bonchev–Trinajstić information content (AvgIpc) is 2.51. The first-order valence-electron chi connectivity index (χ1n) is 4.43. The minimum absolute atomic E-state index is 0.0869. The first kappa shape index (κ1) is 9.77. The highest BCUT2D eigenvalue weighted by Gasteiger charge is 1.98. The summed E-state index contributed by atoms with van der Waals surface area (Å²) in [4.78, 5) is 10.9. The van der Waals surface area contributed by atoms with Gasteiger partial charge >= 0.3 is 0 Å². The number of rotatable bonds is 4. The van der Waals surface area contributed by atoms with Crippen LogP contribution in [0.4, 0.5) is 0 Å². The second-order valence-corrected chi connectivity index (χ2v) is 3.00. The van der Waals surface area contributed by atoms with Gasteiger partial charge in [0, 0.05) is 26.2 Å². The summed E-state index contributed by atoms with van der Waals surface area (Å²) in [6, 6.07) is 1.96. The van der Waals surface area contributed by atoms with E-state index in [1.165, 1.54) is 0 Å². The zero-order valence-corrected chi connectivity index (χ0v) is 8.08. The number of carbonyl (C=O) groups excluding carboxylic acids is 1. The lowest BCUT2D eigenvalue weighted by Crippen LogP contribution is -2.17. The van der Waals surface area contributed by atoms with Gasteiger partial charge in [-0.25, -0.2) is 0 Å². The van der Waals surface area contributed by atoms with Crippen LogP contribution in [0.2, 0.25) is 0 Å². The van der Waals surface area contributed by atoms with E-state index in [-0.39, 0.29) is 5.91 Å². The summed E-state index contributed by atoms with van der Waals surface area (Å²) in [5, 5.41) is 6.81. The molecule has 1 aromatic heterocycles. The molecule has 0 fully saturated rings. The molecule has 0 aliphatic heterocycles. The van der Waals surface area contributed by atoms with Gasteiger partial charge in [0.2, 0.25) is 5.91 Å². The number of hydrogen-bond acceptors (Lipinski definition) is 2. The van der Waals surface area contributed by atoms with Crippen molar-refractivity contribution in [3.8, 4) is 0 Å². The molecule has 0 radical (unpaired) electrons. The number of nitrogens with zero attached hydrogens (tertiary/aromatic N) is 2. The fraction of sp³-hybridized carbons (Fsp3) is 0.556. The standard InChI is InChI=1S/C9H15N3O/c1-8-5-7-12(11-8)6-3-4-9(13)10-2/h5,7H,3-4,6H2,1-2H3,(H,10,13). The lowest BCUT2D eigenvalue weighted by molar-refractivity contribution is -0.120. The Morgan fingerprint density at radius 2 is 2.46 bits per heavy atom. The fourth-order valence-electron chi connectivity index (χ4n) is 1.11. The molecule has 72 valence electrons. The van der Waals surface area contributed by atoms with Crippen molar-refractivity contribution in [2.24, 2.45) is 0 Å². The van der Waals surface area contributed by atoms with Gasteiger partial charge in [-0.2, -0.15) is 5.10 Å². The van der Waals surface area contributed by atoms with Gasteiger partial charge in [0.05, 0.1) is 5.69 Å². The van der Waals surface area contributed by atoms with Crippen molar-refractivity contribution >= 4 is 5.91 Å². The van der Waals surface area contributed by atoms with Crippen LogP contribution in [0.3, 0.4) is 0 Å². The van der Waals surface area contributed by atoms with Crippen molar-refractivity contribution in [1.29, 1.82) is 0 Å². The third kappa shape index (κ3) is 3.27. The SMILES string of the molecule is CNC(=O)CCCn1ccc(C)n1. The Hall–Kier alpha value is -1.32. The Morgan fingerprint density at radius 3 is 3.00 bits per heavy atom. The summed E-state index contributed by atoms with van der Waals surface area (Å²) >= 11 is 0. The first-order chi connectivity index (χ1) is 6.22.